The van der Waals surface area contributed by atoms with Crippen LogP contribution >= 0.6 is 0 Å². The zero-order chi connectivity index (χ0) is 75.8. The number of allylic oxidation sites excluding steroid dienone is 4. The molecule has 0 atom stereocenters. The molecule has 0 bridgehead atoms. The van der Waals surface area contributed by atoms with Gasteiger partial charge in [-0.3, -0.25) is 0 Å². The second-order valence-corrected chi connectivity index (χ2v) is 29.9. The van der Waals surface area contributed by atoms with E-state index in [1.165, 1.54) is 136 Å². The van der Waals surface area contributed by atoms with Gasteiger partial charge in [0.1, 0.15) is 0 Å². The minimum absolute atomic E-state index is 0.175. The predicted molar refractivity (Wildman–Crippen MR) is 491 cm³/mol. The minimum Gasteiger partial charge on any atom is -0.318 e. The lowest BCUT2D eigenvalue weighted by molar-refractivity contribution is 0.827. The Morgan fingerprint density at radius 2 is 0.640 bits per heavy atom. The molecule has 0 aliphatic carbocycles. The molecular weight excluding hydrogens is 1370 g/mol. The van der Waals surface area contributed by atoms with Crippen LogP contribution in [0.5, 0.6) is 0 Å². The number of anilines is 4. The van der Waals surface area contributed by atoms with E-state index in [4.69, 9.17) is 6.58 Å². The zero-order valence-corrected chi connectivity index (χ0v) is 63.0. The van der Waals surface area contributed by atoms with E-state index in [1.807, 2.05) is 0 Å². The Balaban J connectivity index is 0.618. The van der Waals surface area contributed by atoms with Gasteiger partial charge in [-0.25, -0.2) is 0 Å². The van der Waals surface area contributed by atoms with Crippen molar-refractivity contribution in [2.24, 2.45) is 0 Å². The van der Waals surface area contributed by atoms with Gasteiger partial charge in [0.15, 0.2) is 0 Å². The van der Waals surface area contributed by atoms with Crippen LogP contribution in [0.4, 0.5) is 22.7 Å². The molecule has 0 N–H and O–H groups in total. The highest BCUT2D eigenvalue weighted by Crippen LogP contribution is 2.46. The van der Waals surface area contributed by atoms with Gasteiger partial charge in [0.25, 0.3) is 0 Å². The van der Waals surface area contributed by atoms with E-state index in [0.29, 0.717) is 0 Å². The topological polar surface area (TPSA) is 6.48 Å². The molecule has 0 spiro atoms. The largest absolute Gasteiger partial charge is 0.318 e. The lowest BCUT2D eigenvalue weighted by atomic mass is 9.88. The maximum atomic E-state index is 4.77. The number of rotatable bonds is 18. The molecule has 0 fully saturated rings. The molecule has 0 radical (unpaired) electrons. The van der Waals surface area contributed by atoms with Gasteiger partial charge < -0.3 is 9.80 Å². The molecule has 0 heterocycles. The van der Waals surface area contributed by atoms with Crippen molar-refractivity contribution in [3.63, 3.8) is 0 Å². The molecule has 0 saturated heterocycles. The molecule has 0 saturated carbocycles. The molecule has 114 heavy (non-hydrogen) atoms. The van der Waals surface area contributed by atoms with Crippen LogP contribution < -0.4 is 9.80 Å². The Morgan fingerprint density at radius 1 is 0.254 bits per heavy atom. The second-order valence-electron chi connectivity index (χ2n) is 29.9. The van der Waals surface area contributed by atoms with E-state index in [9.17, 15) is 0 Å². The number of fused-ring (bicyclic) bond motifs is 13. The molecular formula is C112H78N2. The molecule has 0 aliphatic rings. The van der Waals surface area contributed by atoms with Crippen molar-refractivity contribution in [3.8, 4) is 55.6 Å². The van der Waals surface area contributed by atoms with Gasteiger partial charge in [0.05, 0.1) is 0 Å². The van der Waals surface area contributed by atoms with E-state index in [0.717, 1.165) is 68.1 Å². The Hall–Kier alpha value is -14.7. The van der Waals surface area contributed by atoms with Crippen molar-refractivity contribution in [3.05, 3.63) is 466 Å². The van der Waals surface area contributed by atoms with Crippen LogP contribution in [0.1, 0.15) is 29.0 Å². The zero-order valence-electron chi connectivity index (χ0n) is 63.0. The van der Waals surface area contributed by atoms with E-state index in [2.05, 4.69) is 453 Å². The first-order valence-electron chi connectivity index (χ1n) is 39.5. The van der Waals surface area contributed by atoms with Crippen LogP contribution in [-0.4, -0.2) is 0 Å². The van der Waals surface area contributed by atoms with Crippen molar-refractivity contribution in [1.82, 2.24) is 0 Å². The van der Waals surface area contributed by atoms with Crippen molar-refractivity contribution in [2.75, 3.05) is 9.80 Å². The van der Waals surface area contributed by atoms with Crippen LogP contribution in [0.25, 0.3) is 159 Å². The highest BCUT2D eigenvalue weighted by atomic mass is 15.1. The molecule has 2 nitrogen and oxygen atoms in total. The summed E-state index contributed by atoms with van der Waals surface area (Å²) in [6.07, 6.45) is 13.9. The fraction of sp³-hybridized carbons (Fsp3) is 0.0179. The Morgan fingerprint density at radius 3 is 1.18 bits per heavy atom. The minimum atomic E-state index is 0.175. The summed E-state index contributed by atoms with van der Waals surface area (Å²) in [4.78, 5) is 4.68. The molecule has 0 aromatic heterocycles. The summed E-state index contributed by atoms with van der Waals surface area (Å²) in [6, 6.07) is 150. The van der Waals surface area contributed by atoms with Crippen molar-refractivity contribution in [2.45, 2.75) is 12.3 Å². The first-order valence-corrected chi connectivity index (χ1v) is 39.5. The molecule has 20 rings (SSSR count). The van der Waals surface area contributed by atoms with Gasteiger partial charge in [0.2, 0.25) is 0 Å². The molecule has 20 aromatic rings. The van der Waals surface area contributed by atoms with Crippen LogP contribution in [-0.2, 0) is 0 Å². The van der Waals surface area contributed by atoms with Gasteiger partial charge in [-0.2, -0.15) is 0 Å². The highest BCUT2D eigenvalue weighted by Gasteiger charge is 2.21. The van der Waals surface area contributed by atoms with Crippen molar-refractivity contribution >= 4 is 126 Å². The summed E-state index contributed by atoms with van der Waals surface area (Å²) in [6.45, 7) is 4.77. The first kappa shape index (κ1) is 68.6. The number of nitrogens with zero attached hydrogens (tertiary/aromatic N) is 2. The van der Waals surface area contributed by atoms with E-state index >= 15 is 0 Å². The van der Waals surface area contributed by atoms with E-state index in [1.54, 1.807) is 0 Å². The lowest BCUT2D eigenvalue weighted by Crippen LogP contribution is -2.13. The van der Waals surface area contributed by atoms with Gasteiger partial charge in [-0.05, 0) is 267 Å². The quantitative estimate of drug-likeness (QED) is 0.0624. The second kappa shape index (κ2) is 29.9. The highest BCUT2D eigenvalue weighted by molar-refractivity contribution is 6.18. The molecule has 0 unspecified atom stereocenters. The van der Waals surface area contributed by atoms with Crippen molar-refractivity contribution in [1.29, 1.82) is 0 Å². The molecule has 2 heteroatoms. The predicted octanol–water partition coefficient (Wildman–Crippen LogP) is 31.2. The first-order chi connectivity index (χ1) is 56.4. The van der Waals surface area contributed by atoms with Gasteiger partial charge >= 0.3 is 0 Å². The summed E-state index contributed by atoms with van der Waals surface area (Å²) in [5.41, 5.74) is 20.6. The number of benzene rings is 20. The fourth-order valence-electron chi connectivity index (χ4n) is 17.5. The average molecular weight is 1450 g/mol. The summed E-state index contributed by atoms with van der Waals surface area (Å²) in [5.74, 6) is 0.175. The monoisotopic (exact) mass is 1450 g/mol. The summed E-state index contributed by atoms with van der Waals surface area (Å²) in [7, 11) is 0. The SMILES string of the molecule is C=C(/C=C\C=C\c1cc2ccccc2c2ccccc12)N(/C=C/CC(c1ccccc1)c1ccccc1)c1cccc(-c2cc3ccccc3c3cc(-c4ccc(-c5ccc6cc(N(c7cccc(-c8cc9ccccc9c9ccccc89)c7)c7cccc(-c8cc9ccccc9c9ccccc89)c7)ccc6c5)cc4)ccc23)c1. The number of hydrogen-bond acceptors (Lipinski definition) is 2. The maximum Gasteiger partial charge on any atom is 0.0468 e. The van der Waals surface area contributed by atoms with Gasteiger partial charge in [-0.15, -0.1) is 0 Å². The summed E-state index contributed by atoms with van der Waals surface area (Å²) >= 11 is 0. The Bertz CT molecular complexity index is 7020. The lowest BCUT2D eigenvalue weighted by Gasteiger charge is -2.27. The third-order valence-corrected chi connectivity index (χ3v) is 23.1. The number of hydrogen-bond donors (Lipinski definition) is 0. The van der Waals surface area contributed by atoms with E-state index in [-0.39, 0.29) is 5.92 Å². The third-order valence-electron chi connectivity index (χ3n) is 23.1. The smallest absolute Gasteiger partial charge is 0.0468 e. The van der Waals surface area contributed by atoms with Crippen LogP contribution in [0.3, 0.4) is 0 Å². The van der Waals surface area contributed by atoms with Crippen molar-refractivity contribution < 1.29 is 0 Å². The maximum absolute atomic E-state index is 4.77. The van der Waals surface area contributed by atoms with Gasteiger partial charge in [0, 0.05) is 40.6 Å². The third kappa shape index (κ3) is 13.1. The molecule has 20 aromatic carbocycles. The van der Waals surface area contributed by atoms with Crippen LogP contribution in [0.2, 0.25) is 0 Å². The molecule has 0 aliphatic heterocycles. The van der Waals surface area contributed by atoms with Gasteiger partial charge in [-0.1, -0.05) is 352 Å². The standard InChI is InChI=1S/C112H78N2/c1-76(28-8-9-33-85-67-86-34-10-14-44-98(86)103-49-19-18-47-99(85)103)113(65-27-54-97(79-29-4-2-5-30-79)80-31-6-3-7-32-80)93-41-24-38-87(69-93)111-75-92-37-13-17-48-102(92)112-72-84(62-64-108(111)112)78-57-55-77(56-58-78)81-59-60-83-68-96(63-61-82(83)66-81)114(94-42-25-39-88(70-94)109-73-90-35-11-15-45-100(90)104-50-20-22-52-106(104)109)95-43-26-40-89(71-95)110-74-91-36-12-16-46-101(91)105-51-21-23-53-107(105)110/h2-53,55-75,97H,1,54H2/b28-8-,33-9+,65-27+. The van der Waals surface area contributed by atoms with Crippen LogP contribution in [0, 0.1) is 0 Å². The average Bonchev–Trinajstić information content (AvgIpc) is 0.430. The summed E-state index contributed by atoms with van der Waals surface area (Å²) in [5, 5.41) is 22.1. The Kier molecular flexibility index (Phi) is 18.0. The summed E-state index contributed by atoms with van der Waals surface area (Å²) < 4.78 is 0. The van der Waals surface area contributed by atoms with Crippen LogP contribution in [0.15, 0.2) is 449 Å². The molecule has 0 amide bonds. The van der Waals surface area contributed by atoms with E-state index < -0.39 is 0 Å². The normalized spacial score (nSPS) is 11.9. The fourth-order valence-corrected chi connectivity index (χ4v) is 17.5. The molecule has 536 valence electrons. The Labute approximate surface area is 665 Å².